The lowest BCUT2D eigenvalue weighted by Gasteiger charge is -2.22. The van der Waals surface area contributed by atoms with Crippen LogP contribution in [0.1, 0.15) is 50.0 Å². The van der Waals surface area contributed by atoms with Crippen molar-refractivity contribution >= 4 is 18.4 Å². The first-order valence-electron chi connectivity index (χ1n) is 7.15. The van der Waals surface area contributed by atoms with E-state index in [4.69, 9.17) is 20.9 Å². The van der Waals surface area contributed by atoms with E-state index >= 15 is 0 Å². The van der Waals surface area contributed by atoms with Crippen molar-refractivity contribution < 1.29 is 9.05 Å². The molecule has 5 nitrogen and oxygen atoms in total. The van der Waals surface area contributed by atoms with Gasteiger partial charge in [0.15, 0.2) is 0 Å². The van der Waals surface area contributed by atoms with E-state index in [0.717, 1.165) is 24.4 Å². The van der Waals surface area contributed by atoms with Crippen LogP contribution in [0.25, 0.3) is 0 Å². The van der Waals surface area contributed by atoms with Gasteiger partial charge in [-0.15, -0.1) is 0 Å². The number of nitrogens with zero attached hydrogens (tertiary/aromatic N) is 2. The average molecular weight is 313 g/mol. The molecule has 1 N–H and O–H groups in total. The van der Waals surface area contributed by atoms with Crippen molar-refractivity contribution in [3.05, 3.63) is 17.6 Å². The Hall–Kier alpha value is -0.550. The molecular weight excluding hydrogens is 293 g/mol. The Labute approximate surface area is 124 Å². The van der Waals surface area contributed by atoms with Crippen LogP contribution in [-0.2, 0) is 16.3 Å². The number of hydrogen-bond acceptors (Lipinski definition) is 5. The highest BCUT2D eigenvalue weighted by atomic mass is 32.5. The van der Waals surface area contributed by atoms with Crippen molar-refractivity contribution in [2.75, 3.05) is 6.61 Å². The van der Waals surface area contributed by atoms with Crippen molar-refractivity contribution in [3.63, 3.8) is 0 Å². The monoisotopic (exact) mass is 313 g/mol. The minimum atomic E-state index is -2.49. The molecule has 2 fully saturated rings. The third-order valence-corrected chi connectivity index (χ3v) is 5.78. The van der Waals surface area contributed by atoms with Crippen LogP contribution < -0.4 is 9.61 Å². The molecule has 0 saturated heterocycles. The van der Waals surface area contributed by atoms with Gasteiger partial charge in [0.1, 0.15) is 5.82 Å². The summed E-state index contributed by atoms with van der Waals surface area (Å²) in [5, 5.41) is 3.32. The molecule has 1 heterocycles. The molecule has 1 atom stereocenters. The average Bonchev–Trinajstić information content (AvgIpc) is 3.23. The smallest absolute Gasteiger partial charge is 0.314 e. The van der Waals surface area contributed by atoms with E-state index in [1.165, 1.54) is 12.8 Å². The van der Waals surface area contributed by atoms with Crippen molar-refractivity contribution in [2.45, 2.75) is 51.5 Å². The lowest BCUT2D eigenvalue weighted by Crippen LogP contribution is -2.19. The molecule has 0 amide bonds. The van der Waals surface area contributed by atoms with E-state index in [1.54, 1.807) is 0 Å². The van der Waals surface area contributed by atoms with Gasteiger partial charge in [-0.05, 0) is 51.3 Å². The quantitative estimate of drug-likeness (QED) is 0.781. The second kappa shape index (κ2) is 5.68. The van der Waals surface area contributed by atoms with Crippen LogP contribution in [-0.4, -0.2) is 22.6 Å². The Morgan fingerprint density at radius 1 is 1.35 bits per heavy atom. The van der Waals surface area contributed by atoms with Crippen molar-refractivity contribution in [1.82, 2.24) is 15.1 Å². The van der Waals surface area contributed by atoms with Crippen LogP contribution in [0.15, 0.2) is 6.07 Å². The zero-order valence-electron chi connectivity index (χ0n) is 11.8. The summed E-state index contributed by atoms with van der Waals surface area (Å²) in [6.07, 6.45) is 4.63. The zero-order chi connectivity index (χ0) is 14.2. The fraction of sp³-hybridized carbons (Fsp3) is 0.692. The van der Waals surface area contributed by atoms with Gasteiger partial charge >= 0.3 is 6.64 Å². The van der Waals surface area contributed by atoms with E-state index < -0.39 is 6.64 Å². The molecule has 0 radical (unpaired) electrons. The molecule has 0 spiro atoms. The maximum absolute atomic E-state index is 5.93. The number of hydrogen-bond donors (Lipinski definition) is 1. The largest absolute Gasteiger partial charge is 0.414 e. The molecule has 20 heavy (non-hydrogen) atoms. The number of aryl methyl sites for hydroxylation is 1. The summed E-state index contributed by atoms with van der Waals surface area (Å²) in [4.78, 5) is 8.97. The SMILES string of the molecule is CCOP(=S)(NC1CC1)Oc1cc(C)nc(C2CC2)n1. The summed E-state index contributed by atoms with van der Waals surface area (Å²) < 4.78 is 11.6. The molecule has 2 aliphatic rings. The maximum atomic E-state index is 5.93. The van der Waals surface area contributed by atoms with E-state index in [9.17, 15) is 0 Å². The number of aromatic nitrogens is 2. The standard InChI is InChI=1S/C13H20N3O2PS/c1-3-17-19(20,16-11-6-7-11)18-12-8-9(2)14-13(15-12)10-4-5-10/h8,10-11H,3-7H2,1-2H3,(H,16,20). The Morgan fingerprint density at radius 2 is 2.10 bits per heavy atom. The van der Waals surface area contributed by atoms with Gasteiger partial charge in [0.2, 0.25) is 5.88 Å². The summed E-state index contributed by atoms with van der Waals surface area (Å²) in [6, 6.07) is 2.28. The molecule has 1 aromatic heterocycles. The molecule has 0 aliphatic heterocycles. The highest BCUT2D eigenvalue weighted by molar-refractivity contribution is 8.09. The zero-order valence-corrected chi connectivity index (χ0v) is 13.5. The van der Waals surface area contributed by atoms with E-state index in [-0.39, 0.29) is 0 Å². The van der Waals surface area contributed by atoms with Gasteiger partial charge in [0.25, 0.3) is 0 Å². The number of nitrogens with one attached hydrogen (secondary N) is 1. The minimum Gasteiger partial charge on any atom is -0.414 e. The van der Waals surface area contributed by atoms with Crippen LogP contribution in [0.5, 0.6) is 5.88 Å². The minimum absolute atomic E-state index is 0.443. The molecule has 1 aromatic rings. The lowest BCUT2D eigenvalue weighted by atomic mass is 10.3. The van der Waals surface area contributed by atoms with Gasteiger partial charge < -0.3 is 9.05 Å². The summed E-state index contributed by atoms with van der Waals surface area (Å²) >= 11 is 5.56. The second-order valence-electron chi connectivity index (χ2n) is 5.39. The normalized spacial score (nSPS) is 21.5. The fourth-order valence-electron chi connectivity index (χ4n) is 1.95. The summed E-state index contributed by atoms with van der Waals surface area (Å²) in [5.74, 6) is 1.92. The maximum Gasteiger partial charge on any atom is 0.314 e. The summed E-state index contributed by atoms with van der Waals surface area (Å²) in [6.45, 7) is 1.93. The van der Waals surface area contributed by atoms with Crippen LogP contribution in [0.3, 0.4) is 0 Å². The van der Waals surface area contributed by atoms with Gasteiger partial charge in [-0.2, -0.15) is 4.98 Å². The topological polar surface area (TPSA) is 56.3 Å². The predicted octanol–water partition coefficient (Wildman–Crippen LogP) is 3.05. The third kappa shape index (κ3) is 3.76. The van der Waals surface area contributed by atoms with Gasteiger partial charge in [0.05, 0.1) is 6.61 Å². The van der Waals surface area contributed by atoms with Gasteiger partial charge in [-0.3, -0.25) is 0 Å². The van der Waals surface area contributed by atoms with Gasteiger partial charge in [0, 0.05) is 23.7 Å². The third-order valence-electron chi connectivity index (χ3n) is 3.22. The first kappa shape index (κ1) is 14.4. The van der Waals surface area contributed by atoms with Crippen LogP contribution in [0, 0.1) is 6.92 Å². The molecule has 0 aromatic carbocycles. The lowest BCUT2D eigenvalue weighted by molar-refractivity contribution is 0.319. The molecule has 0 bridgehead atoms. The fourth-order valence-corrected chi connectivity index (χ4v) is 4.51. The Balaban J connectivity index is 1.78. The molecule has 2 aliphatic carbocycles. The molecular formula is C13H20N3O2PS. The Kier molecular flexibility index (Phi) is 4.09. The molecule has 1 unspecified atom stereocenters. The van der Waals surface area contributed by atoms with Crippen LogP contribution in [0.2, 0.25) is 0 Å². The highest BCUT2D eigenvalue weighted by Gasteiger charge is 2.32. The van der Waals surface area contributed by atoms with Crippen molar-refractivity contribution in [2.24, 2.45) is 0 Å². The van der Waals surface area contributed by atoms with E-state index in [0.29, 0.717) is 24.4 Å². The predicted molar refractivity (Wildman–Crippen MR) is 81.4 cm³/mol. The molecule has 110 valence electrons. The molecule has 7 heteroatoms. The molecule has 3 rings (SSSR count). The first-order chi connectivity index (χ1) is 9.58. The molecule has 2 saturated carbocycles. The Morgan fingerprint density at radius 3 is 2.70 bits per heavy atom. The van der Waals surface area contributed by atoms with Crippen molar-refractivity contribution in [1.29, 1.82) is 0 Å². The first-order valence-corrected chi connectivity index (χ1v) is 9.79. The van der Waals surface area contributed by atoms with Crippen LogP contribution >= 0.6 is 6.64 Å². The highest BCUT2D eigenvalue weighted by Crippen LogP contribution is 2.47. The van der Waals surface area contributed by atoms with Crippen LogP contribution in [0.4, 0.5) is 0 Å². The second-order valence-corrected chi connectivity index (χ2v) is 8.53. The van der Waals surface area contributed by atoms with E-state index in [2.05, 4.69) is 15.1 Å². The van der Waals surface area contributed by atoms with E-state index in [1.807, 2.05) is 19.9 Å². The van der Waals surface area contributed by atoms with Crippen molar-refractivity contribution in [3.8, 4) is 5.88 Å². The van der Waals surface area contributed by atoms with Gasteiger partial charge in [-0.25, -0.2) is 10.1 Å². The summed E-state index contributed by atoms with van der Waals surface area (Å²) in [7, 11) is 0. The summed E-state index contributed by atoms with van der Waals surface area (Å²) in [5.41, 5.74) is 0.918. The van der Waals surface area contributed by atoms with Gasteiger partial charge in [-0.1, -0.05) is 0 Å². The Bertz CT molecular complexity index is 546. The number of rotatable bonds is 7.